The lowest BCUT2D eigenvalue weighted by atomic mass is 10.0. The van der Waals surface area contributed by atoms with Crippen molar-refractivity contribution in [1.29, 1.82) is 0 Å². The number of ether oxygens (including phenoxy) is 1. The molecule has 0 radical (unpaired) electrons. The van der Waals surface area contributed by atoms with Gasteiger partial charge in [0.15, 0.2) is 0 Å². The highest BCUT2D eigenvalue weighted by Gasteiger charge is 2.10. The number of nitrogens with two attached hydrogens (primary N) is 1. The Bertz CT molecular complexity index is 336. The maximum absolute atomic E-state index is 5.48. The maximum Gasteiger partial charge on any atom is 0.119 e. The van der Waals surface area contributed by atoms with Crippen LogP contribution >= 0.6 is 0 Å². The molecule has 1 atom stereocenters. The van der Waals surface area contributed by atoms with Gasteiger partial charge in [-0.05, 0) is 31.5 Å². The van der Waals surface area contributed by atoms with Gasteiger partial charge >= 0.3 is 0 Å². The second-order valence-electron chi connectivity index (χ2n) is 3.45. The first-order valence-corrected chi connectivity index (χ1v) is 5.03. The predicted molar refractivity (Wildman–Crippen MR) is 62.5 cm³/mol. The zero-order valence-electron chi connectivity index (χ0n) is 9.29. The molecule has 82 valence electrons. The lowest BCUT2D eigenvalue weighted by Crippen LogP contribution is -2.28. The molecule has 0 aliphatic rings. The van der Waals surface area contributed by atoms with E-state index in [1.54, 1.807) is 0 Å². The molecular weight excluding hydrogens is 188 g/mol. The van der Waals surface area contributed by atoms with E-state index in [9.17, 15) is 0 Å². The van der Waals surface area contributed by atoms with E-state index in [0.29, 0.717) is 6.61 Å². The molecule has 0 saturated heterocycles. The number of rotatable bonds is 5. The summed E-state index contributed by atoms with van der Waals surface area (Å²) in [6, 6.07) is 7.84. The van der Waals surface area contributed by atoms with Crippen LogP contribution < -0.4 is 16.0 Å². The van der Waals surface area contributed by atoms with E-state index in [4.69, 9.17) is 10.6 Å². The Morgan fingerprint density at radius 2 is 2.33 bits per heavy atom. The first-order valence-electron chi connectivity index (χ1n) is 5.03. The molecule has 0 heterocycles. The van der Waals surface area contributed by atoms with Gasteiger partial charge in [-0.25, -0.2) is 5.43 Å². The Morgan fingerprint density at radius 1 is 1.60 bits per heavy atom. The number of nitrogens with one attached hydrogen (secondary N) is 1. The fourth-order valence-electron chi connectivity index (χ4n) is 1.47. The minimum Gasteiger partial charge on any atom is -0.494 e. The highest BCUT2D eigenvalue weighted by molar-refractivity contribution is 5.33. The Labute approximate surface area is 90.9 Å². The molecule has 0 bridgehead atoms. The molecule has 1 rings (SSSR count). The summed E-state index contributed by atoms with van der Waals surface area (Å²) in [6.07, 6.45) is 0. The highest BCUT2D eigenvalue weighted by Crippen LogP contribution is 2.23. The van der Waals surface area contributed by atoms with Crippen LogP contribution in [0.5, 0.6) is 5.75 Å². The molecule has 0 saturated carbocycles. The average molecular weight is 206 g/mol. The van der Waals surface area contributed by atoms with E-state index in [0.717, 1.165) is 16.9 Å². The summed E-state index contributed by atoms with van der Waals surface area (Å²) in [5, 5.41) is 0. The summed E-state index contributed by atoms with van der Waals surface area (Å²) in [5.74, 6) is 6.34. The molecule has 0 fully saturated rings. The maximum atomic E-state index is 5.48. The third-order valence-corrected chi connectivity index (χ3v) is 2.16. The first kappa shape index (κ1) is 11.8. The topological polar surface area (TPSA) is 47.3 Å². The molecule has 0 aliphatic heterocycles. The molecule has 3 heteroatoms. The fraction of sp³-hybridized carbons (Fsp3) is 0.333. The van der Waals surface area contributed by atoms with Gasteiger partial charge in [-0.15, -0.1) is 0 Å². The molecule has 1 unspecified atom stereocenters. The van der Waals surface area contributed by atoms with E-state index in [-0.39, 0.29) is 6.04 Å². The van der Waals surface area contributed by atoms with E-state index in [1.807, 2.05) is 38.1 Å². The van der Waals surface area contributed by atoms with Crippen molar-refractivity contribution in [3.05, 3.63) is 42.0 Å². The third-order valence-electron chi connectivity index (χ3n) is 2.16. The summed E-state index contributed by atoms with van der Waals surface area (Å²) in [4.78, 5) is 0. The van der Waals surface area contributed by atoms with Gasteiger partial charge in [0.05, 0.1) is 12.6 Å². The number of hydrazine groups is 1. The number of benzene rings is 1. The van der Waals surface area contributed by atoms with Gasteiger partial charge in [-0.1, -0.05) is 24.3 Å². The van der Waals surface area contributed by atoms with Crippen molar-refractivity contribution < 1.29 is 4.74 Å². The molecule has 3 N–H and O–H groups in total. The largest absolute Gasteiger partial charge is 0.494 e. The molecule has 1 aromatic rings. The van der Waals surface area contributed by atoms with Gasteiger partial charge in [-0.3, -0.25) is 5.84 Å². The van der Waals surface area contributed by atoms with Crippen LogP contribution in [0.3, 0.4) is 0 Å². The Hall–Kier alpha value is -1.32. The van der Waals surface area contributed by atoms with Crippen molar-refractivity contribution in [1.82, 2.24) is 5.43 Å². The summed E-state index contributed by atoms with van der Waals surface area (Å²) >= 11 is 0. The minimum absolute atomic E-state index is 0.0228. The molecule has 15 heavy (non-hydrogen) atoms. The summed E-state index contributed by atoms with van der Waals surface area (Å²) in [7, 11) is 0. The van der Waals surface area contributed by atoms with Crippen LogP contribution in [-0.4, -0.2) is 6.61 Å². The van der Waals surface area contributed by atoms with Crippen molar-refractivity contribution in [2.75, 3.05) is 6.61 Å². The second-order valence-corrected chi connectivity index (χ2v) is 3.45. The fourth-order valence-corrected chi connectivity index (χ4v) is 1.47. The smallest absolute Gasteiger partial charge is 0.119 e. The zero-order chi connectivity index (χ0) is 11.3. The van der Waals surface area contributed by atoms with Gasteiger partial charge in [0.1, 0.15) is 5.75 Å². The van der Waals surface area contributed by atoms with Crippen LogP contribution in [0.25, 0.3) is 0 Å². The minimum atomic E-state index is -0.0228. The zero-order valence-corrected chi connectivity index (χ0v) is 9.29. The van der Waals surface area contributed by atoms with E-state index in [1.165, 1.54) is 0 Å². The summed E-state index contributed by atoms with van der Waals surface area (Å²) in [5.41, 5.74) is 4.78. The SMILES string of the molecule is C=C(C)C(NN)c1cccc(OCC)c1. The van der Waals surface area contributed by atoms with Crippen LogP contribution in [0, 0.1) is 0 Å². The van der Waals surface area contributed by atoms with Crippen LogP contribution in [-0.2, 0) is 0 Å². The van der Waals surface area contributed by atoms with Gasteiger partial charge < -0.3 is 4.74 Å². The Balaban J connectivity index is 2.92. The van der Waals surface area contributed by atoms with Gasteiger partial charge in [-0.2, -0.15) is 0 Å². The Kier molecular flexibility index (Phi) is 4.34. The van der Waals surface area contributed by atoms with Gasteiger partial charge in [0, 0.05) is 0 Å². The van der Waals surface area contributed by atoms with Crippen LogP contribution in [0.15, 0.2) is 36.4 Å². The number of hydrogen-bond donors (Lipinski definition) is 2. The van der Waals surface area contributed by atoms with Crippen molar-refractivity contribution in [3.63, 3.8) is 0 Å². The molecule has 3 nitrogen and oxygen atoms in total. The average Bonchev–Trinajstić information content (AvgIpc) is 2.19. The molecule has 0 aliphatic carbocycles. The number of hydrogen-bond acceptors (Lipinski definition) is 3. The van der Waals surface area contributed by atoms with Crippen molar-refractivity contribution in [2.45, 2.75) is 19.9 Å². The van der Waals surface area contributed by atoms with Crippen molar-refractivity contribution in [3.8, 4) is 5.75 Å². The van der Waals surface area contributed by atoms with Crippen LogP contribution in [0.1, 0.15) is 25.5 Å². The van der Waals surface area contributed by atoms with E-state index >= 15 is 0 Å². The van der Waals surface area contributed by atoms with Crippen LogP contribution in [0.2, 0.25) is 0 Å². The molecule has 0 amide bonds. The normalized spacial score (nSPS) is 12.2. The Morgan fingerprint density at radius 3 is 2.87 bits per heavy atom. The highest BCUT2D eigenvalue weighted by atomic mass is 16.5. The van der Waals surface area contributed by atoms with E-state index < -0.39 is 0 Å². The summed E-state index contributed by atoms with van der Waals surface area (Å²) in [6.45, 7) is 8.46. The molecular formula is C12H18N2O. The molecule has 0 spiro atoms. The predicted octanol–water partition coefficient (Wildman–Crippen LogP) is 2.17. The van der Waals surface area contributed by atoms with Crippen molar-refractivity contribution in [2.24, 2.45) is 5.84 Å². The summed E-state index contributed by atoms with van der Waals surface area (Å²) < 4.78 is 5.42. The first-order chi connectivity index (χ1) is 7.19. The van der Waals surface area contributed by atoms with Crippen molar-refractivity contribution >= 4 is 0 Å². The second kappa shape index (κ2) is 5.53. The lowest BCUT2D eigenvalue weighted by Gasteiger charge is -2.17. The monoisotopic (exact) mass is 206 g/mol. The molecule has 1 aromatic carbocycles. The quantitative estimate of drug-likeness (QED) is 0.441. The van der Waals surface area contributed by atoms with Gasteiger partial charge in [0.2, 0.25) is 0 Å². The standard InChI is InChI=1S/C12H18N2O/c1-4-15-11-7-5-6-10(8-11)12(14-13)9(2)3/h5-8,12,14H,2,4,13H2,1,3H3. The lowest BCUT2D eigenvalue weighted by molar-refractivity contribution is 0.339. The van der Waals surface area contributed by atoms with Crippen LogP contribution in [0.4, 0.5) is 0 Å². The third kappa shape index (κ3) is 3.08. The van der Waals surface area contributed by atoms with E-state index in [2.05, 4.69) is 12.0 Å². The molecule has 0 aromatic heterocycles. The van der Waals surface area contributed by atoms with Gasteiger partial charge in [0.25, 0.3) is 0 Å².